The number of aromatic hydroxyl groups is 1. The van der Waals surface area contributed by atoms with Gasteiger partial charge in [-0.05, 0) is 71.1 Å². The number of phenolic OH excluding ortho intramolecular Hbond substituents is 1. The number of hydrogen-bond acceptors (Lipinski definition) is 7. The van der Waals surface area contributed by atoms with Gasteiger partial charge in [0.2, 0.25) is 11.8 Å². The number of alkyl carbamates (subject to hydrolysis) is 1. The largest absolute Gasteiger partial charge is 0.508 e. The molecule has 0 aliphatic rings. The normalized spacial score (nSPS) is 12.9. The lowest BCUT2D eigenvalue weighted by atomic mass is 9.98. The van der Waals surface area contributed by atoms with Crippen molar-refractivity contribution in [3.63, 3.8) is 0 Å². The van der Waals surface area contributed by atoms with Crippen molar-refractivity contribution in [2.75, 3.05) is 19.7 Å². The van der Waals surface area contributed by atoms with E-state index in [-0.39, 0.29) is 37.9 Å². The Bertz CT molecular complexity index is 894. The van der Waals surface area contributed by atoms with E-state index >= 15 is 0 Å². The molecule has 0 aromatic heterocycles. The van der Waals surface area contributed by atoms with Crippen LogP contribution in [0.4, 0.5) is 4.79 Å². The van der Waals surface area contributed by atoms with Gasteiger partial charge in [-0.15, -0.1) is 0 Å². The number of nitrogens with zero attached hydrogens (tertiary/aromatic N) is 1. The Morgan fingerprint density at radius 2 is 1.62 bits per heavy atom. The van der Waals surface area contributed by atoms with Crippen LogP contribution in [-0.4, -0.2) is 65.2 Å². The third kappa shape index (κ3) is 12.0. The monoisotopic (exact) mass is 521 g/mol. The molecule has 0 bridgehead atoms. The maximum absolute atomic E-state index is 13.5. The fourth-order valence-corrected chi connectivity index (χ4v) is 3.62. The summed E-state index contributed by atoms with van der Waals surface area (Å²) in [7, 11) is 0. The van der Waals surface area contributed by atoms with Crippen molar-refractivity contribution in [2.45, 2.75) is 85.4 Å². The quantitative estimate of drug-likeness (QED) is 0.337. The van der Waals surface area contributed by atoms with E-state index < -0.39 is 35.5 Å². The maximum atomic E-state index is 13.5. The minimum absolute atomic E-state index is 0.0150. The highest BCUT2D eigenvalue weighted by atomic mass is 16.6. The molecule has 0 heterocycles. The number of benzene rings is 1. The van der Waals surface area contributed by atoms with Crippen LogP contribution in [0.3, 0.4) is 0 Å². The van der Waals surface area contributed by atoms with Crippen LogP contribution in [-0.2, 0) is 23.9 Å². The third-order valence-electron chi connectivity index (χ3n) is 5.38. The van der Waals surface area contributed by atoms with Gasteiger partial charge in [0.1, 0.15) is 23.9 Å². The molecule has 2 unspecified atom stereocenters. The minimum Gasteiger partial charge on any atom is -0.508 e. The molecule has 10 heteroatoms. The molecule has 2 atom stereocenters. The van der Waals surface area contributed by atoms with E-state index in [0.29, 0.717) is 17.9 Å². The van der Waals surface area contributed by atoms with E-state index in [1.54, 1.807) is 39.8 Å². The summed E-state index contributed by atoms with van der Waals surface area (Å²) >= 11 is 0. The van der Waals surface area contributed by atoms with Crippen LogP contribution < -0.4 is 10.6 Å². The number of phenols is 1. The Morgan fingerprint density at radius 3 is 2.16 bits per heavy atom. The molecule has 0 aliphatic carbocycles. The molecule has 3 N–H and O–H groups in total. The predicted molar refractivity (Wildman–Crippen MR) is 140 cm³/mol. The van der Waals surface area contributed by atoms with Gasteiger partial charge in [0, 0.05) is 12.6 Å². The number of nitrogens with one attached hydrogen (secondary N) is 2. The molecule has 0 radical (unpaired) electrons. The average molecular weight is 522 g/mol. The fraction of sp³-hybridized carbons (Fsp3) is 0.630. The molecule has 37 heavy (non-hydrogen) atoms. The lowest BCUT2D eigenvalue weighted by molar-refractivity contribution is -0.144. The molecule has 0 saturated heterocycles. The van der Waals surface area contributed by atoms with E-state index in [0.717, 1.165) is 6.42 Å². The zero-order chi connectivity index (χ0) is 28.2. The number of rotatable bonds is 13. The van der Waals surface area contributed by atoms with Crippen LogP contribution >= 0.6 is 0 Å². The maximum Gasteiger partial charge on any atom is 0.408 e. The van der Waals surface area contributed by atoms with Crippen LogP contribution in [0.5, 0.6) is 5.75 Å². The van der Waals surface area contributed by atoms with Crippen molar-refractivity contribution in [3.05, 3.63) is 29.8 Å². The molecule has 0 fully saturated rings. The van der Waals surface area contributed by atoms with Gasteiger partial charge >= 0.3 is 12.1 Å². The second kappa shape index (κ2) is 15.1. The molecular weight excluding hydrogens is 478 g/mol. The number of carbonyl (C=O) groups excluding carboxylic acids is 4. The first kappa shape index (κ1) is 31.7. The molecule has 1 rings (SSSR count). The Morgan fingerprint density at radius 1 is 1.00 bits per heavy atom. The molecule has 10 nitrogen and oxygen atoms in total. The van der Waals surface area contributed by atoms with Crippen molar-refractivity contribution in [1.82, 2.24) is 15.5 Å². The van der Waals surface area contributed by atoms with Gasteiger partial charge in [-0.1, -0.05) is 26.0 Å². The Kier molecular flexibility index (Phi) is 12.9. The summed E-state index contributed by atoms with van der Waals surface area (Å²) in [4.78, 5) is 52.3. The van der Waals surface area contributed by atoms with Crippen LogP contribution in [0.1, 0.15) is 79.3 Å². The van der Waals surface area contributed by atoms with Gasteiger partial charge in [0.25, 0.3) is 0 Å². The van der Waals surface area contributed by atoms with Crippen LogP contribution in [0, 0.1) is 5.92 Å². The van der Waals surface area contributed by atoms with Crippen molar-refractivity contribution < 1.29 is 33.8 Å². The van der Waals surface area contributed by atoms with Crippen molar-refractivity contribution in [3.8, 4) is 5.75 Å². The van der Waals surface area contributed by atoms with E-state index in [1.807, 2.05) is 6.92 Å². The summed E-state index contributed by atoms with van der Waals surface area (Å²) in [5.41, 5.74) is -0.251. The number of esters is 1. The minimum atomic E-state index is -1.06. The molecule has 1 aromatic carbocycles. The zero-order valence-corrected chi connectivity index (χ0v) is 23.1. The lowest BCUT2D eigenvalue weighted by Crippen LogP contribution is -2.51. The van der Waals surface area contributed by atoms with Gasteiger partial charge in [0.15, 0.2) is 0 Å². The topological polar surface area (TPSA) is 134 Å². The van der Waals surface area contributed by atoms with Crippen LogP contribution in [0.15, 0.2) is 24.3 Å². The summed E-state index contributed by atoms with van der Waals surface area (Å²) in [6.07, 6.45) is 0.687. The Balaban J connectivity index is 3.26. The highest BCUT2D eigenvalue weighted by molar-refractivity contribution is 5.90. The van der Waals surface area contributed by atoms with Crippen molar-refractivity contribution in [1.29, 1.82) is 0 Å². The van der Waals surface area contributed by atoms with Crippen LogP contribution in [0.25, 0.3) is 0 Å². The fourth-order valence-electron chi connectivity index (χ4n) is 3.62. The van der Waals surface area contributed by atoms with Gasteiger partial charge in [-0.2, -0.15) is 0 Å². The van der Waals surface area contributed by atoms with E-state index in [9.17, 15) is 24.3 Å². The Hall–Kier alpha value is -3.30. The average Bonchev–Trinajstić information content (AvgIpc) is 2.79. The first-order chi connectivity index (χ1) is 17.2. The summed E-state index contributed by atoms with van der Waals surface area (Å²) in [5, 5.41) is 15.0. The lowest BCUT2D eigenvalue weighted by Gasteiger charge is -2.36. The highest BCUT2D eigenvalue weighted by Gasteiger charge is 2.35. The molecule has 208 valence electrons. The molecule has 1 aromatic rings. The molecular formula is C27H43N3O7. The van der Waals surface area contributed by atoms with Gasteiger partial charge in [0.05, 0.1) is 13.0 Å². The zero-order valence-electron chi connectivity index (χ0n) is 23.1. The molecule has 0 saturated carbocycles. The highest BCUT2D eigenvalue weighted by Crippen LogP contribution is 2.28. The van der Waals surface area contributed by atoms with Crippen molar-refractivity contribution in [2.24, 2.45) is 5.92 Å². The summed E-state index contributed by atoms with van der Waals surface area (Å²) in [5.74, 6) is -1.01. The number of ether oxygens (including phenoxy) is 2. The Labute approximate surface area is 220 Å². The van der Waals surface area contributed by atoms with Gasteiger partial charge < -0.3 is 30.1 Å². The predicted octanol–water partition coefficient (Wildman–Crippen LogP) is 3.68. The summed E-state index contributed by atoms with van der Waals surface area (Å²) < 4.78 is 10.2. The number of carbonyl (C=O) groups is 4. The second-order valence-corrected chi connectivity index (χ2v) is 10.3. The van der Waals surface area contributed by atoms with Crippen LogP contribution in [0.2, 0.25) is 0 Å². The molecule has 0 aliphatic heterocycles. The van der Waals surface area contributed by atoms with E-state index in [4.69, 9.17) is 9.47 Å². The van der Waals surface area contributed by atoms with Gasteiger partial charge in [-0.25, -0.2) is 4.79 Å². The smallest absolute Gasteiger partial charge is 0.408 e. The summed E-state index contributed by atoms with van der Waals surface area (Å²) in [6, 6.07) is 4.61. The van der Waals surface area contributed by atoms with Crippen molar-refractivity contribution >= 4 is 23.9 Å². The van der Waals surface area contributed by atoms with Gasteiger partial charge in [-0.3, -0.25) is 14.4 Å². The summed E-state index contributed by atoms with van der Waals surface area (Å²) in [6.45, 7) is 12.8. The van der Waals surface area contributed by atoms with E-state index in [2.05, 4.69) is 24.5 Å². The number of amides is 3. The first-order valence-electron chi connectivity index (χ1n) is 12.7. The SMILES string of the molecule is CCOC(=O)CCNC(=O)C(c1ccc(O)cc1)N(C(=O)CNC(=O)OC(C)(C)C)C(C)CCC(C)C. The molecule has 3 amide bonds. The second-order valence-electron chi connectivity index (χ2n) is 10.3. The van der Waals surface area contributed by atoms with E-state index in [1.165, 1.54) is 17.0 Å². The standard InChI is InChI=1S/C27H43N3O7/c1-8-36-23(33)15-16-28-25(34)24(20-11-13-21(31)14-12-20)30(19(4)10-9-18(2)3)22(32)17-29-26(35)37-27(5,6)7/h11-14,18-19,24,31H,8-10,15-17H2,1-7H3,(H,28,34)(H,29,35). The first-order valence-corrected chi connectivity index (χ1v) is 12.7. The third-order valence-corrected chi connectivity index (χ3v) is 5.38. The molecule has 0 spiro atoms. The number of hydrogen-bond donors (Lipinski definition) is 3.